The lowest BCUT2D eigenvalue weighted by atomic mass is 9.87. The van der Waals surface area contributed by atoms with Crippen molar-refractivity contribution in [2.45, 2.75) is 31.8 Å². The molecular formula is C20H25N3O2. The van der Waals surface area contributed by atoms with Crippen LogP contribution in [0.3, 0.4) is 0 Å². The zero-order valence-electron chi connectivity index (χ0n) is 14.4. The number of aliphatic hydroxyl groups excluding tert-OH is 1. The fraction of sp³-hybridized carbons (Fsp3) is 0.400. The minimum absolute atomic E-state index is 0.0397. The molecule has 1 aliphatic rings. The molecule has 3 rings (SSSR count). The number of aromatic nitrogens is 1. The Kier molecular flexibility index (Phi) is 6.14. The lowest BCUT2D eigenvalue weighted by Gasteiger charge is -2.35. The monoisotopic (exact) mass is 339 g/mol. The molecule has 1 aromatic heterocycles. The Morgan fingerprint density at radius 2 is 2.08 bits per heavy atom. The van der Waals surface area contributed by atoms with Crippen molar-refractivity contribution >= 4 is 5.91 Å². The third-order valence-electron chi connectivity index (χ3n) is 4.71. The maximum Gasteiger partial charge on any atom is 0.234 e. The summed E-state index contributed by atoms with van der Waals surface area (Å²) in [5.74, 6) is -0.0397. The number of aliphatic hydroxyl groups is 1. The molecule has 0 saturated heterocycles. The predicted molar refractivity (Wildman–Crippen MR) is 96.9 cm³/mol. The number of carbonyl (C=O) groups excluding carboxylic acids is 1. The number of amides is 1. The number of rotatable bonds is 7. The normalized spacial score (nSPS) is 16.5. The van der Waals surface area contributed by atoms with E-state index < -0.39 is 0 Å². The summed E-state index contributed by atoms with van der Waals surface area (Å²) < 4.78 is 0. The number of hydrogen-bond acceptors (Lipinski definition) is 4. The number of aryl methyl sites for hydroxylation is 1. The van der Waals surface area contributed by atoms with Gasteiger partial charge in [0.1, 0.15) is 0 Å². The average molecular weight is 339 g/mol. The van der Waals surface area contributed by atoms with E-state index >= 15 is 0 Å². The van der Waals surface area contributed by atoms with Crippen LogP contribution in [0.5, 0.6) is 0 Å². The standard InChI is InChI=1S/C20H25N3O2/c24-13-12-23(15-20(25)22-14-17-8-3-4-11-21-17)19-10-5-7-16-6-1-2-9-18(16)19/h1-4,6,8-9,11,19,24H,5,7,10,12-15H2,(H,22,25)/t19-/m0/s1. The van der Waals surface area contributed by atoms with Crippen molar-refractivity contribution in [3.05, 3.63) is 65.5 Å². The molecule has 0 radical (unpaired) electrons. The van der Waals surface area contributed by atoms with Gasteiger partial charge in [-0.2, -0.15) is 0 Å². The van der Waals surface area contributed by atoms with Crippen LogP contribution in [0.25, 0.3) is 0 Å². The van der Waals surface area contributed by atoms with E-state index in [1.807, 2.05) is 18.2 Å². The molecule has 5 heteroatoms. The molecule has 0 spiro atoms. The molecule has 0 fully saturated rings. The summed E-state index contributed by atoms with van der Waals surface area (Å²) in [6, 6.07) is 14.3. The number of hydrogen-bond donors (Lipinski definition) is 2. The molecule has 0 bridgehead atoms. The second-order valence-corrected chi connectivity index (χ2v) is 6.40. The van der Waals surface area contributed by atoms with Crippen LogP contribution in [0.1, 0.15) is 35.7 Å². The third-order valence-corrected chi connectivity index (χ3v) is 4.71. The molecule has 2 N–H and O–H groups in total. The van der Waals surface area contributed by atoms with Gasteiger partial charge in [-0.05, 0) is 42.5 Å². The summed E-state index contributed by atoms with van der Waals surface area (Å²) >= 11 is 0. The molecule has 1 amide bonds. The highest BCUT2D eigenvalue weighted by molar-refractivity contribution is 5.78. The van der Waals surface area contributed by atoms with Gasteiger partial charge in [0.25, 0.3) is 0 Å². The van der Waals surface area contributed by atoms with Crippen LogP contribution in [0.15, 0.2) is 48.7 Å². The third kappa shape index (κ3) is 4.65. The van der Waals surface area contributed by atoms with E-state index in [4.69, 9.17) is 0 Å². The fourth-order valence-electron chi connectivity index (χ4n) is 3.51. The molecular weight excluding hydrogens is 314 g/mol. The number of carbonyl (C=O) groups is 1. The van der Waals surface area contributed by atoms with Crippen molar-refractivity contribution in [2.75, 3.05) is 19.7 Å². The van der Waals surface area contributed by atoms with Gasteiger partial charge in [-0.1, -0.05) is 30.3 Å². The summed E-state index contributed by atoms with van der Waals surface area (Å²) in [6.45, 7) is 1.25. The molecule has 132 valence electrons. The van der Waals surface area contributed by atoms with Crippen molar-refractivity contribution < 1.29 is 9.90 Å². The van der Waals surface area contributed by atoms with Crippen LogP contribution >= 0.6 is 0 Å². The molecule has 1 heterocycles. The number of fused-ring (bicyclic) bond motifs is 1. The summed E-state index contributed by atoms with van der Waals surface area (Å²) in [6.07, 6.45) is 4.94. The minimum atomic E-state index is -0.0397. The second-order valence-electron chi connectivity index (χ2n) is 6.40. The van der Waals surface area contributed by atoms with Gasteiger partial charge in [0, 0.05) is 18.8 Å². The molecule has 1 aromatic carbocycles. The summed E-state index contributed by atoms with van der Waals surface area (Å²) in [4.78, 5) is 18.7. The molecule has 0 saturated carbocycles. The number of benzene rings is 1. The maximum atomic E-state index is 12.4. The number of nitrogens with one attached hydrogen (secondary N) is 1. The lowest BCUT2D eigenvalue weighted by molar-refractivity contribution is -0.123. The first kappa shape index (κ1) is 17.6. The number of pyridine rings is 1. The Bertz CT molecular complexity index is 690. The van der Waals surface area contributed by atoms with E-state index in [-0.39, 0.29) is 25.1 Å². The van der Waals surface area contributed by atoms with Gasteiger partial charge < -0.3 is 10.4 Å². The van der Waals surface area contributed by atoms with Crippen LogP contribution in [0.4, 0.5) is 0 Å². The predicted octanol–water partition coefficient (Wildman–Crippen LogP) is 2.07. The Hall–Kier alpha value is -2.24. The van der Waals surface area contributed by atoms with E-state index in [9.17, 15) is 9.90 Å². The fourth-order valence-corrected chi connectivity index (χ4v) is 3.51. The Morgan fingerprint density at radius 3 is 2.88 bits per heavy atom. The first-order valence-corrected chi connectivity index (χ1v) is 8.87. The highest BCUT2D eigenvalue weighted by Crippen LogP contribution is 2.33. The SMILES string of the molecule is O=C(CN(CCO)[C@H]1CCCc2ccccc21)NCc1ccccn1. The lowest BCUT2D eigenvalue weighted by Crippen LogP contribution is -2.41. The van der Waals surface area contributed by atoms with Crippen LogP contribution in [0, 0.1) is 0 Å². The zero-order chi connectivity index (χ0) is 17.5. The highest BCUT2D eigenvalue weighted by Gasteiger charge is 2.26. The van der Waals surface area contributed by atoms with Crippen molar-refractivity contribution in [1.29, 1.82) is 0 Å². The van der Waals surface area contributed by atoms with Crippen molar-refractivity contribution in [3.63, 3.8) is 0 Å². The number of nitrogens with zero attached hydrogens (tertiary/aromatic N) is 2. The summed E-state index contributed by atoms with van der Waals surface area (Å²) in [5.41, 5.74) is 3.49. The van der Waals surface area contributed by atoms with Crippen LogP contribution < -0.4 is 5.32 Å². The van der Waals surface area contributed by atoms with E-state index in [0.717, 1.165) is 25.0 Å². The largest absolute Gasteiger partial charge is 0.395 e. The quantitative estimate of drug-likeness (QED) is 0.810. The van der Waals surface area contributed by atoms with E-state index in [0.29, 0.717) is 13.1 Å². The highest BCUT2D eigenvalue weighted by atomic mass is 16.3. The van der Waals surface area contributed by atoms with Crippen molar-refractivity contribution in [2.24, 2.45) is 0 Å². The first-order valence-electron chi connectivity index (χ1n) is 8.87. The average Bonchev–Trinajstić information content (AvgIpc) is 2.66. The van der Waals surface area contributed by atoms with Crippen molar-refractivity contribution in [3.8, 4) is 0 Å². The molecule has 1 atom stereocenters. The van der Waals surface area contributed by atoms with Gasteiger partial charge in [-0.3, -0.25) is 14.7 Å². The molecule has 2 aromatic rings. The zero-order valence-corrected chi connectivity index (χ0v) is 14.4. The maximum absolute atomic E-state index is 12.4. The topological polar surface area (TPSA) is 65.5 Å². The van der Waals surface area contributed by atoms with Gasteiger partial charge in [-0.25, -0.2) is 0 Å². The van der Waals surface area contributed by atoms with Gasteiger partial charge in [0.05, 0.1) is 25.4 Å². The molecule has 1 aliphatic carbocycles. The van der Waals surface area contributed by atoms with Crippen LogP contribution in [0.2, 0.25) is 0 Å². The van der Waals surface area contributed by atoms with E-state index in [1.165, 1.54) is 11.1 Å². The molecule has 25 heavy (non-hydrogen) atoms. The van der Waals surface area contributed by atoms with E-state index in [1.54, 1.807) is 6.20 Å². The summed E-state index contributed by atoms with van der Waals surface area (Å²) in [7, 11) is 0. The van der Waals surface area contributed by atoms with E-state index in [2.05, 4.69) is 39.5 Å². The van der Waals surface area contributed by atoms with Crippen LogP contribution in [-0.2, 0) is 17.8 Å². The van der Waals surface area contributed by atoms with Crippen molar-refractivity contribution in [1.82, 2.24) is 15.2 Å². The smallest absolute Gasteiger partial charge is 0.234 e. The Morgan fingerprint density at radius 1 is 1.24 bits per heavy atom. The van der Waals surface area contributed by atoms with Gasteiger partial charge >= 0.3 is 0 Å². The first-order chi connectivity index (χ1) is 12.3. The minimum Gasteiger partial charge on any atom is -0.395 e. The second kappa shape index (κ2) is 8.74. The Labute approximate surface area is 148 Å². The molecule has 5 nitrogen and oxygen atoms in total. The van der Waals surface area contributed by atoms with Gasteiger partial charge in [0.15, 0.2) is 0 Å². The van der Waals surface area contributed by atoms with Gasteiger partial charge in [-0.15, -0.1) is 0 Å². The van der Waals surface area contributed by atoms with Crippen LogP contribution in [-0.4, -0.2) is 40.6 Å². The summed E-state index contributed by atoms with van der Waals surface area (Å²) in [5, 5.41) is 12.4. The molecule has 0 unspecified atom stereocenters. The van der Waals surface area contributed by atoms with Gasteiger partial charge in [0.2, 0.25) is 5.91 Å². The Balaban J connectivity index is 1.64. The molecule has 0 aliphatic heterocycles.